The van der Waals surface area contributed by atoms with Gasteiger partial charge in [-0.05, 0) is 30.3 Å². The predicted molar refractivity (Wildman–Crippen MR) is 73.0 cm³/mol. The highest BCUT2D eigenvalue weighted by atomic mass is 16.5. The van der Waals surface area contributed by atoms with Gasteiger partial charge in [0.1, 0.15) is 11.3 Å². The van der Waals surface area contributed by atoms with Gasteiger partial charge in [-0.15, -0.1) is 0 Å². The number of aromatic carboxylic acids is 1. The third-order valence-electron chi connectivity index (χ3n) is 2.79. The smallest absolute Gasteiger partial charge is 0.341 e. The molecule has 0 saturated heterocycles. The van der Waals surface area contributed by atoms with Crippen molar-refractivity contribution in [2.45, 2.75) is 0 Å². The van der Waals surface area contributed by atoms with Gasteiger partial charge in [-0.1, -0.05) is 6.07 Å². The van der Waals surface area contributed by atoms with Gasteiger partial charge in [-0.25, -0.2) is 9.78 Å². The minimum Gasteiger partial charge on any atom is -0.477 e. The first kappa shape index (κ1) is 12.1. The van der Waals surface area contributed by atoms with Crippen LogP contribution in [0.15, 0.2) is 54.9 Å². The Morgan fingerprint density at radius 2 is 1.85 bits per heavy atom. The molecule has 1 aromatic carbocycles. The van der Waals surface area contributed by atoms with Crippen LogP contribution in [0.25, 0.3) is 10.9 Å². The zero-order chi connectivity index (χ0) is 13.9. The van der Waals surface area contributed by atoms with Crippen molar-refractivity contribution in [1.82, 2.24) is 9.97 Å². The lowest BCUT2D eigenvalue weighted by molar-refractivity contribution is 0.0693. The molecule has 0 aliphatic heterocycles. The summed E-state index contributed by atoms with van der Waals surface area (Å²) < 4.78 is 5.55. The maximum atomic E-state index is 11.1. The quantitative estimate of drug-likeness (QED) is 0.788. The van der Waals surface area contributed by atoms with E-state index in [1.165, 1.54) is 12.3 Å². The number of benzene rings is 1. The largest absolute Gasteiger partial charge is 0.477 e. The standard InChI is InChI=1S/C15H10N2O3/c18-15(19)12-4-2-8-17-14(12)20-11-6-5-10-3-1-7-16-13(10)9-11/h1-9H,(H,18,19). The minimum absolute atomic E-state index is 0.0219. The van der Waals surface area contributed by atoms with Gasteiger partial charge in [0.25, 0.3) is 0 Å². The van der Waals surface area contributed by atoms with Crippen LogP contribution in [0.4, 0.5) is 0 Å². The Bertz CT molecular complexity index is 787. The summed E-state index contributed by atoms with van der Waals surface area (Å²) in [4.78, 5) is 19.3. The van der Waals surface area contributed by atoms with Crippen LogP contribution in [0.1, 0.15) is 10.4 Å². The monoisotopic (exact) mass is 266 g/mol. The molecular weight excluding hydrogens is 256 g/mol. The Balaban J connectivity index is 1.99. The molecule has 0 bridgehead atoms. The average molecular weight is 266 g/mol. The fourth-order valence-corrected chi connectivity index (χ4v) is 1.86. The number of carboxylic acids is 1. The summed E-state index contributed by atoms with van der Waals surface area (Å²) in [6.07, 6.45) is 3.18. The van der Waals surface area contributed by atoms with Gasteiger partial charge in [-0.2, -0.15) is 0 Å². The number of pyridine rings is 2. The number of nitrogens with zero attached hydrogens (tertiary/aromatic N) is 2. The Morgan fingerprint density at radius 3 is 2.70 bits per heavy atom. The second-order valence-electron chi connectivity index (χ2n) is 4.12. The highest BCUT2D eigenvalue weighted by Crippen LogP contribution is 2.25. The third kappa shape index (κ3) is 2.29. The molecule has 5 nitrogen and oxygen atoms in total. The zero-order valence-corrected chi connectivity index (χ0v) is 10.4. The SMILES string of the molecule is O=C(O)c1cccnc1Oc1ccc2cccnc2c1. The van der Waals surface area contributed by atoms with Crippen molar-refractivity contribution < 1.29 is 14.6 Å². The number of aromatic nitrogens is 2. The first-order valence-corrected chi connectivity index (χ1v) is 5.95. The van der Waals surface area contributed by atoms with Crippen molar-refractivity contribution in [3.8, 4) is 11.6 Å². The van der Waals surface area contributed by atoms with Gasteiger partial charge in [0.15, 0.2) is 0 Å². The highest BCUT2D eigenvalue weighted by Gasteiger charge is 2.12. The number of fused-ring (bicyclic) bond motifs is 1. The molecule has 0 aliphatic rings. The van der Waals surface area contributed by atoms with Gasteiger partial charge < -0.3 is 9.84 Å². The number of carboxylic acid groups (broad SMARTS) is 1. The summed E-state index contributed by atoms with van der Waals surface area (Å²) in [7, 11) is 0. The molecule has 3 rings (SSSR count). The van der Waals surface area contributed by atoms with Crippen LogP contribution < -0.4 is 4.74 Å². The van der Waals surface area contributed by atoms with E-state index in [2.05, 4.69) is 9.97 Å². The van der Waals surface area contributed by atoms with Crippen molar-refractivity contribution in [3.63, 3.8) is 0 Å². The van der Waals surface area contributed by atoms with E-state index in [9.17, 15) is 4.79 Å². The molecule has 0 radical (unpaired) electrons. The van der Waals surface area contributed by atoms with E-state index in [1.54, 1.807) is 24.4 Å². The Kier molecular flexibility index (Phi) is 3.01. The van der Waals surface area contributed by atoms with Crippen molar-refractivity contribution in [3.05, 3.63) is 60.4 Å². The summed E-state index contributed by atoms with van der Waals surface area (Å²) >= 11 is 0. The summed E-state index contributed by atoms with van der Waals surface area (Å²) in [5.74, 6) is -0.514. The van der Waals surface area contributed by atoms with Gasteiger partial charge in [0.2, 0.25) is 5.88 Å². The molecule has 1 N–H and O–H groups in total. The topological polar surface area (TPSA) is 72.3 Å². The van der Waals surface area contributed by atoms with E-state index in [0.717, 1.165) is 10.9 Å². The second-order valence-corrected chi connectivity index (χ2v) is 4.12. The molecule has 2 heterocycles. The van der Waals surface area contributed by atoms with E-state index in [0.29, 0.717) is 5.75 Å². The molecule has 5 heteroatoms. The molecule has 3 aromatic rings. The molecule has 0 spiro atoms. The molecule has 0 saturated carbocycles. The first-order valence-electron chi connectivity index (χ1n) is 5.95. The summed E-state index contributed by atoms with van der Waals surface area (Å²) in [6.45, 7) is 0. The molecular formula is C15H10N2O3. The Hall–Kier alpha value is -2.95. The Labute approximate surface area is 114 Å². The molecule has 2 aromatic heterocycles. The fourth-order valence-electron chi connectivity index (χ4n) is 1.86. The van der Waals surface area contributed by atoms with Crippen LogP contribution in [0.5, 0.6) is 11.6 Å². The van der Waals surface area contributed by atoms with Gasteiger partial charge in [0, 0.05) is 23.8 Å². The number of rotatable bonds is 3. The normalized spacial score (nSPS) is 10.4. The van der Waals surface area contributed by atoms with Crippen LogP contribution in [0.3, 0.4) is 0 Å². The molecule has 0 fully saturated rings. The number of hydrogen-bond donors (Lipinski definition) is 1. The number of hydrogen-bond acceptors (Lipinski definition) is 4. The lowest BCUT2D eigenvalue weighted by atomic mass is 10.2. The van der Waals surface area contributed by atoms with Crippen molar-refractivity contribution >= 4 is 16.9 Å². The molecule has 98 valence electrons. The van der Waals surface area contributed by atoms with Crippen molar-refractivity contribution in [2.24, 2.45) is 0 Å². The molecule has 0 amide bonds. The highest BCUT2D eigenvalue weighted by molar-refractivity contribution is 5.90. The van der Waals surface area contributed by atoms with Gasteiger partial charge in [0.05, 0.1) is 5.52 Å². The predicted octanol–water partition coefficient (Wildman–Crippen LogP) is 3.12. The third-order valence-corrected chi connectivity index (χ3v) is 2.79. The minimum atomic E-state index is -1.08. The second kappa shape index (κ2) is 4.97. The lowest BCUT2D eigenvalue weighted by Crippen LogP contribution is -2.01. The van der Waals surface area contributed by atoms with E-state index in [1.807, 2.05) is 18.2 Å². The van der Waals surface area contributed by atoms with Crippen molar-refractivity contribution in [2.75, 3.05) is 0 Å². The van der Waals surface area contributed by atoms with Gasteiger partial charge >= 0.3 is 5.97 Å². The van der Waals surface area contributed by atoms with Crippen LogP contribution in [-0.4, -0.2) is 21.0 Å². The Morgan fingerprint density at radius 1 is 1.05 bits per heavy atom. The maximum absolute atomic E-state index is 11.1. The van der Waals surface area contributed by atoms with Crippen LogP contribution in [0, 0.1) is 0 Å². The maximum Gasteiger partial charge on any atom is 0.341 e. The zero-order valence-electron chi connectivity index (χ0n) is 10.4. The van der Waals surface area contributed by atoms with E-state index in [-0.39, 0.29) is 11.4 Å². The van der Waals surface area contributed by atoms with Crippen LogP contribution in [0.2, 0.25) is 0 Å². The number of carbonyl (C=O) groups is 1. The number of ether oxygens (including phenoxy) is 1. The summed E-state index contributed by atoms with van der Waals surface area (Å²) in [5, 5.41) is 10.1. The summed E-state index contributed by atoms with van der Waals surface area (Å²) in [6, 6.07) is 12.2. The fraction of sp³-hybridized carbons (Fsp3) is 0. The van der Waals surface area contributed by atoms with Crippen molar-refractivity contribution in [1.29, 1.82) is 0 Å². The molecule has 0 unspecified atom stereocenters. The molecule has 20 heavy (non-hydrogen) atoms. The molecule has 0 atom stereocenters. The summed E-state index contributed by atoms with van der Waals surface area (Å²) in [5.41, 5.74) is 0.798. The first-order chi connectivity index (χ1) is 9.74. The van der Waals surface area contributed by atoms with E-state index >= 15 is 0 Å². The van der Waals surface area contributed by atoms with E-state index < -0.39 is 5.97 Å². The van der Waals surface area contributed by atoms with Crippen LogP contribution in [-0.2, 0) is 0 Å². The molecule has 0 aliphatic carbocycles. The van der Waals surface area contributed by atoms with Crippen LogP contribution >= 0.6 is 0 Å². The lowest BCUT2D eigenvalue weighted by Gasteiger charge is -2.07. The van der Waals surface area contributed by atoms with Gasteiger partial charge in [-0.3, -0.25) is 4.98 Å². The average Bonchev–Trinajstić information content (AvgIpc) is 2.47. The van der Waals surface area contributed by atoms with E-state index in [4.69, 9.17) is 9.84 Å².